The van der Waals surface area contributed by atoms with E-state index in [0.717, 1.165) is 28.0 Å². The number of aryl methyl sites for hydroxylation is 2. The maximum Gasteiger partial charge on any atom is 0.187 e. The molecule has 0 fully saturated rings. The van der Waals surface area contributed by atoms with Crippen LogP contribution in [0, 0.1) is 13.8 Å². The number of pyridine rings is 1. The molecule has 128 valence electrons. The van der Waals surface area contributed by atoms with Crippen molar-refractivity contribution in [3.05, 3.63) is 78.0 Å². The highest BCUT2D eigenvalue weighted by Gasteiger charge is 2.14. The first-order valence-electron chi connectivity index (χ1n) is 8.37. The van der Waals surface area contributed by atoms with E-state index in [0.29, 0.717) is 11.5 Å². The maximum absolute atomic E-state index is 10.0. The van der Waals surface area contributed by atoms with Crippen molar-refractivity contribution in [3.63, 3.8) is 0 Å². The van der Waals surface area contributed by atoms with Crippen LogP contribution in [0.15, 0.2) is 77.1 Å². The Bertz CT molecular complexity index is 1110. The first-order chi connectivity index (χ1) is 12.6. The lowest BCUT2D eigenvalue weighted by molar-refractivity contribution is 0.476. The number of rotatable bonds is 3. The highest BCUT2D eigenvalue weighted by molar-refractivity contribution is 5.74. The van der Waals surface area contributed by atoms with Gasteiger partial charge in [-0.25, -0.2) is 4.98 Å². The molecule has 4 aromatic rings. The molecule has 0 saturated heterocycles. The predicted octanol–water partition coefficient (Wildman–Crippen LogP) is 5.74. The summed E-state index contributed by atoms with van der Waals surface area (Å²) in [6.45, 7) is 3.98. The molecule has 4 rings (SSSR count). The van der Waals surface area contributed by atoms with Gasteiger partial charge in [0, 0.05) is 11.8 Å². The van der Waals surface area contributed by atoms with E-state index in [2.05, 4.69) is 10.2 Å². The minimum atomic E-state index is 0.102. The molecule has 2 aromatic carbocycles. The van der Waals surface area contributed by atoms with Gasteiger partial charge in [0.15, 0.2) is 5.82 Å². The average Bonchev–Trinajstić information content (AvgIpc) is 3.00. The summed E-state index contributed by atoms with van der Waals surface area (Å²) in [5, 5.41) is 18.7. The van der Waals surface area contributed by atoms with Crippen LogP contribution in [-0.4, -0.2) is 14.5 Å². The Kier molecular flexibility index (Phi) is 3.97. The van der Waals surface area contributed by atoms with Crippen molar-refractivity contribution in [1.82, 2.24) is 9.38 Å². The largest absolute Gasteiger partial charge is 0.506 e. The van der Waals surface area contributed by atoms with Gasteiger partial charge in [-0.2, -0.15) is 0 Å². The van der Waals surface area contributed by atoms with Crippen molar-refractivity contribution in [2.75, 3.05) is 0 Å². The molecule has 5 heteroatoms. The zero-order valence-electron chi connectivity index (χ0n) is 14.6. The monoisotopic (exact) mass is 342 g/mol. The summed E-state index contributed by atoms with van der Waals surface area (Å²) in [7, 11) is 0. The molecule has 0 radical (unpaired) electrons. The number of phenols is 1. The molecule has 0 saturated carbocycles. The lowest BCUT2D eigenvalue weighted by Crippen LogP contribution is -1.84. The van der Waals surface area contributed by atoms with Crippen molar-refractivity contribution < 1.29 is 5.11 Å². The Hall–Kier alpha value is -3.47. The number of imidazole rings is 1. The van der Waals surface area contributed by atoms with Crippen LogP contribution in [0.1, 0.15) is 11.1 Å². The summed E-state index contributed by atoms with van der Waals surface area (Å²) in [5.41, 5.74) is 5.11. The number of azo groups is 1. The minimum absolute atomic E-state index is 0.102. The molecule has 2 aromatic heterocycles. The van der Waals surface area contributed by atoms with Gasteiger partial charge in [0.2, 0.25) is 0 Å². The topological polar surface area (TPSA) is 62.2 Å². The van der Waals surface area contributed by atoms with Gasteiger partial charge in [-0.05, 0) is 49.2 Å². The van der Waals surface area contributed by atoms with Crippen LogP contribution in [0.25, 0.3) is 16.9 Å². The van der Waals surface area contributed by atoms with E-state index in [4.69, 9.17) is 4.98 Å². The molecular formula is C21H18N4O. The Morgan fingerprint density at radius 3 is 2.46 bits per heavy atom. The lowest BCUT2D eigenvalue weighted by Gasteiger charge is -2.01. The number of hydrogen-bond donors (Lipinski definition) is 1. The van der Waals surface area contributed by atoms with E-state index >= 15 is 0 Å². The molecule has 0 aliphatic rings. The number of aromatic nitrogens is 2. The molecule has 0 unspecified atom stereocenters. The van der Waals surface area contributed by atoms with E-state index in [-0.39, 0.29) is 5.75 Å². The second kappa shape index (κ2) is 6.44. The van der Waals surface area contributed by atoms with Crippen molar-refractivity contribution in [2.45, 2.75) is 13.8 Å². The Morgan fingerprint density at radius 1 is 0.885 bits per heavy atom. The average molecular weight is 342 g/mol. The maximum atomic E-state index is 10.0. The molecular weight excluding hydrogens is 324 g/mol. The van der Waals surface area contributed by atoms with Crippen LogP contribution in [-0.2, 0) is 0 Å². The quantitative estimate of drug-likeness (QED) is 0.483. The first-order valence-corrected chi connectivity index (χ1v) is 8.37. The molecule has 0 aliphatic carbocycles. The van der Waals surface area contributed by atoms with Gasteiger partial charge >= 0.3 is 0 Å². The summed E-state index contributed by atoms with van der Waals surface area (Å²) < 4.78 is 1.91. The number of phenolic OH excluding ortho intramolecular Hbond substituents is 1. The van der Waals surface area contributed by atoms with Crippen molar-refractivity contribution in [1.29, 1.82) is 0 Å². The van der Waals surface area contributed by atoms with Gasteiger partial charge in [-0.15, -0.1) is 10.2 Å². The summed E-state index contributed by atoms with van der Waals surface area (Å²) in [4.78, 5) is 4.74. The van der Waals surface area contributed by atoms with Gasteiger partial charge in [0.05, 0.1) is 0 Å². The van der Waals surface area contributed by atoms with Gasteiger partial charge in [-0.1, -0.05) is 36.4 Å². The molecule has 0 spiro atoms. The lowest BCUT2D eigenvalue weighted by atomic mass is 10.1. The zero-order valence-corrected chi connectivity index (χ0v) is 14.6. The summed E-state index contributed by atoms with van der Waals surface area (Å²) >= 11 is 0. The SMILES string of the molecule is Cc1ccc(O)c(N=Nc2c(-c3ccccc3)nc3cc(C)ccn23)c1. The summed E-state index contributed by atoms with van der Waals surface area (Å²) in [5.74, 6) is 0.734. The summed E-state index contributed by atoms with van der Waals surface area (Å²) in [6.07, 6.45) is 1.94. The normalized spacial score (nSPS) is 11.5. The number of nitrogens with zero attached hydrogens (tertiary/aromatic N) is 4. The Labute approximate surface area is 151 Å². The number of aromatic hydroxyl groups is 1. The second-order valence-corrected chi connectivity index (χ2v) is 6.27. The molecule has 26 heavy (non-hydrogen) atoms. The second-order valence-electron chi connectivity index (χ2n) is 6.27. The van der Waals surface area contributed by atoms with Crippen molar-refractivity contribution in [3.8, 4) is 17.0 Å². The number of hydrogen-bond acceptors (Lipinski definition) is 4. The molecule has 5 nitrogen and oxygen atoms in total. The summed E-state index contributed by atoms with van der Waals surface area (Å²) in [6, 6.07) is 19.2. The van der Waals surface area contributed by atoms with Crippen molar-refractivity contribution >= 4 is 17.2 Å². The minimum Gasteiger partial charge on any atom is -0.506 e. The van der Waals surface area contributed by atoms with Gasteiger partial charge < -0.3 is 5.11 Å². The molecule has 0 bridgehead atoms. The third-order valence-corrected chi connectivity index (χ3v) is 4.19. The van der Waals surface area contributed by atoms with Gasteiger partial charge in [0.1, 0.15) is 22.8 Å². The molecule has 2 heterocycles. The predicted molar refractivity (Wildman–Crippen MR) is 102 cm³/mol. The highest BCUT2D eigenvalue weighted by Crippen LogP contribution is 2.34. The molecule has 0 amide bonds. The molecule has 0 aliphatic heterocycles. The van der Waals surface area contributed by atoms with E-state index in [1.54, 1.807) is 12.1 Å². The van der Waals surface area contributed by atoms with Crippen LogP contribution in [0.3, 0.4) is 0 Å². The van der Waals surface area contributed by atoms with Gasteiger partial charge in [0.25, 0.3) is 0 Å². The Balaban J connectivity index is 1.90. The number of benzene rings is 2. The fraction of sp³-hybridized carbons (Fsp3) is 0.0952. The molecule has 0 atom stereocenters. The van der Waals surface area contributed by atoms with E-state index < -0.39 is 0 Å². The van der Waals surface area contributed by atoms with Crippen LogP contribution in [0.4, 0.5) is 11.5 Å². The van der Waals surface area contributed by atoms with E-state index in [9.17, 15) is 5.11 Å². The third kappa shape index (κ3) is 2.95. The van der Waals surface area contributed by atoms with Crippen LogP contribution < -0.4 is 0 Å². The number of fused-ring (bicyclic) bond motifs is 1. The zero-order chi connectivity index (χ0) is 18.1. The van der Waals surface area contributed by atoms with Gasteiger partial charge in [-0.3, -0.25) is 4.40 Å². The standard InChI is InChI=1S/C21H18N4O/c1-14-8-9-18(26)17(12-14)23-24-21-20(16-6-4-3-5-7-16)22-19-13-15(2)10-11-25(19)21/h3-13,26H,1-2H3. The van der Waals surface area contributed by atoms with E-state index in [1.165, 1.54) is 0 Å². The fourth-order valence-electron chi connectivity index (χ4n) is 2.83. The third-order valence-electron chi connectivity index (χ3n) is 4.19. The fourth-order valence-corrected chi connectivity index (χ4v) is 2.83. The highest BCUT2D eigenvalue weighted by atomic mass is 16.3. The van der Waals surface area contributed by atoms with E-state index in [1.807, 2.05) is 73.0 Å². The first kappa shape index (κ1) is 16.0. The smallest absolute Gasteiger partial charge is 0.187 e. The van der Waals surface area contributed by atoms with Crippen LogP contribution in [0.2, 0.25) is 0 Å². The van der Waals surface area contributed by atoms with Crippen molar-refractivity contribution in [2.24, 2.45) is 10.2 Å². The molecule has 1 N–H and O–H groups in total. The van der Waals surface area contributed by atoms with Crippen LogP contribution >= 0.6 is 0 Å². The van der Waals surface area contributed by atoms with Crippen LogP contribution in [0.5, 0.6) is 5.75 Å². The Morgan fingerprint density at radius 2 is 1.65 bits per heavy atom.